The zero-order valence-corrected chi connectivity index (χ0v) is 14.9. The highest BCUT2D eigenvalue weighted by molar-refractivity contribution is 5.97. The van der Waals surface area contributed by atoms with E-state index in [0.29, 0.717) is 6.42 Å². The summed E-state index contributed by atoms with van der Waals surface area (Å²) in [4.78, 5) is 22.4. The van der Waals surface area contributed by atoms with E-state index in [4.69, 9.17) is 19.7 Å². The van der Waals surface area contributed by atoms with Crippen LogP contribution in [0.15, 0.2) is 12.2 Å². The summed E-state index contributed by atoms with van der Waals surface area (Å²) in [7, 11) is 1.48. The normalized spacial score (nSPS) is 14.0. The number of carbonyl (C=O) groups is 2. The summed E-state index contributed by atoms with van der Waals surface area (Å²) in [6.45, 7) is 1.83. The first-order chi connectivity index (χ1) is 11.5. The van der Waals surface area contributed by atoms with Crippen LogP contribution in [0.3, 0.4) is 0 Å². The second-order valence-electron chi connectivity index (χ2n) is 6.04. The molecule has 0 aliphatic heterocycles. The molecular formula is C18H32O6. The Labute approximate surface area is 144 Å². The Hall–Kier alpha value is -1.24. The van der Waals surface area contributed by atoms with E-state index in [1.807, 2.05) is 6.92 Å². The molecular weight excluding hydrogens is 312 g/mol. The molecule has 24 heavy (non-hydrogen) atoms. The first-order valence-corrected chi connectivity index (χ1v) is 8.70. The Balaban J connectivity index is 3.86. The number of methoxy groups -OCH3 is 1. The van der Waals surface area contributed by atoms with Gasteiger partial charge in [-0.15, -0.1) is 0 Å². The monoisotopic (exact) mass is 344 g/mol. The van der Waals surface area contributed by atoms with E-state index < -0.39 is 12.1 Å². The van der Waals surface area contributed by atoms with Crippen LogP contribution in [0, 0.1) is 0 Å². The quantitative estimate of drug-likeness (QED) is 0.254. The van der Waals surface area contributed by atoms with E-state index in [1.165, 1.54) is 7.11 Å². The molecule has 140 valence electrons. The Morgan fingerprint density at radius 1 is 0.958 bits per heavy atom. The lowest BCUT2D eigenvalue weighted by Gasteiger charge is -2.14. The lowest BCUT2D eigenvalue weighted by molar-refractivity contribution is -0.136. The van der Waals surface area contributed by atoms with Crippen molar-refractivity contribution in [3.8, 4) is 0 Å². The number of rotatable bonds is 16. The van der Waals surface area contributed by atoms with Crippen molar-refractivity contribution in [1.29, 1.82) is 0 Å². The fourth-order valence-electron chi connectivity index (χ4n) is 2.37. The Morgan fingerprint density at radius 3 is 2.00 bits per heavy atom. The van der Waals surface area contributed by atoms with Gasteiger partial charge in [-0.1, -0.05) is 44.9 Å². The number of carboxylic acids is 1. The van der Waals surface area contributed by atoms with Crippen LogP contribution in [-0.4, -0.2) is 48.1 Å². The van der Waals surface area contributed by atoms with Gasteiger partial charge in [0.05, 0.1) is 6.10 Å². The predicted octanol–water partition coefficient (Wildman–Crippen LogP) is 3.08. The van der Waals surface area contributed by atoms with Gasteiger partial charge in [0, 0.05) is 13.2 Å². The fraction of sp³-hybridized carbons (Fsp3) is 0.778. The molecule has 0 radical (unpaired) electrons. The fourth-order valence-corrected chi connectivity index (χ4v) is 2.37. The molecule has 6 nitrogen and oxygen atoms in total. The lowest BCUT2D eigenvalue weighted by atomic mass is 10.0. The van der Waals surface area contributed by atoms with Gasteiger partial charge >= 0.3 is 5.97 Å². The molecule has 6 heteroatoms. The Bertz CT molecular complexity index is 365. The smallest absolute Gasteiger partial charge is 0.328 e. The number of ketones is 1. The molecule has 0 spiro atoms. The van der Waals surface area contributed by atoms with Crippen molar-refractivity contribution in [3.63, 3.8) is 0 Å². The molecule has 0 saturated carbocycles. The van der Waals surface area contributed by atoms with Crippen LogP contribution in [0.25, 0.3) is 0 Å². The molecule has 0 aromatic rings. The molecule has 0 saturated heterocycles. The van der Waals surface area contributed by atoms with Crippen molar-refractivity contribution >= 4 is 11.8 Å². The summed E-state index contributed by atoms with van der Waals surface area (Å²) in [6.07, 6.45) is 9.94. The number of carboxylic acid groups (broad SMARTS) is 1. The van der Waals surface area contributed by atoms with E-state index in [-0.39, 0.29) is 18.7 Å². The highest BCUT2D eigenvalue weighted by Crippen LogP contribution is 2.13. The summed E-state index contributed by atoms with van der Waals surface area (Å²) >= 11 is 0. The lowest BCUT2D eigenvalue weighted by Crippen LogP contribution is -2.24. The molecule has 0 aromatic heterocycles. The van der Waals surface area contributed by atoms with Crippen LogP contribution in [0.1, 0.15) is 64.7 Å². The topological polar surface area (TPSA) is 93.1 Å². The van der Waals surface area contributed by atoms with Gasteiger partial charge in [0.15, 0.2) is 5.78 Å². The van der Waals surface area contributed by atoms with Crippen molar-refractivity contribution in [3.05, 3.63) is 12.2 Å². The van der Waals surface area contributed by atoms with Crippen LogP contribution >= 0.6 is 0 Å². The third-order valence-electron chi connectivity index (χ3n) is 3.68. The van der Waals surface area contributed by atoms with Gasteiger partial charge in [0.25, 0.3) is 0 Å². The van der Waals surface area contributed by atoms with Crippen LogP contribution in [-0.2, 0) is 19.1 Å². The van der Waals surface area contributed by atoms with Gasteiger partial charge in [-0.25, -0.2) is 4.79 Å². The number of aliphatic hydroxyl groups excluding tert-OH is 1. The first kappa shape index (κ1) is 22.8. The number of hydrogen-bond acceptors (Lipinski definition) is 5. The van der Waals surface area contributed by atoms with Gasteiger partial charge in [-0.2, -0.15) is 0 Å². The Kier molecular flexibility index (Phi) is 14.5. The van der Waals surface area contributed by atoms with Gasteiger partial charge in [-0.05, 0) is 25.8 Å². The summed E-state index contributed by atoms with van der Waals surface area (Å²) < 4.78 is 10.1. The van der Waals surface area contributed by atoms with Crippen LogP contribution in [0.5, 0.6) is 0 Å². The van der Waals surface area contributed by atoms with Crippen molar-refractivity contribution in [2.45, 2.75) is 76.9 Å². The van der Waals surface area contributed by atoms with Crippen molar-refractivity contribution in [1.82, 2.24) is 0 Å². The molecule has 2 atom stereocenters. The van der Waals surface area contributed by atoms with Crippen molar-refractivity contribution in [2.24, 2.45) is 0 Å². The predicted molar refractivity (Wildman–Crippen MR) is 91.8 cm³/mol. The summed E-state index contributed by atoms with van der Waals surface area (Å²) in [5.74, 6) is -1.49. The standard InChI is InChI=1S/C18H32O6/c1-15(19)10-8-6-4-3-5-7-9-11-17(24-14-23-2)16(20)12-13-18(21)22/h12-13,15,17,19H,3-11,14H2,1-2H3,(H,21,22)/b13-12+/t15-,17+/m1/s1. The zero-order valence-electron chi connectivity index (χ0n) is 14.9. The zero-order chi connectivity index (χ0) is 18.2. The minimum atomic E-state index is -1.15. The first-order valence-electron chi connectivity index (χ1n) is 8.70. The van der Waals surface area contributed by atoms with Crippen LogP contribution in [0.2, 0.25) is 0 Å². The highest BCUT2D eigenvalue weighted by atomic mass is 16.7. The SMILES string of the molecule is COCO[C@@H](CCCCCCCCC[C@@H](C)O)C(=O)/C=C/C(=O)O. The molecule has 0 unspecified atom stereocenters. The summed E-state index contributed by atoms with van der Waals surface area (Å²) in [6, 6.07) is 0. The minimum Gasteiger partial charge on any atom is -0.478 e. The number of hydrogen-bond donors (Lipinski definition) is 2. The number of carbonyl (C=O) groups excluding carboxylic acids is 1. The summed E-state index contributed by atoms with van der Waals surface area (Å²) in [5, 5.41) is 17.7. The van der Waals surface area contributed by atoms with Crippen molar-refractivity contribution < 1.29 is 29.3 Å². The minimum absolute atomic E-state index is 0.0145. The number of aliphatic carboxylic acids is 1. The van der Waals surface area contributed by atoms with E-state index in [1.54, 1.807) is 0 Å². The molecule has 0 aliphatic carbocycles. The average Bonchev–Trinajstić information content (AvgIpc) is 2.53. The molecule has 0 aromatic carbocycles. The van der Waals surface area contributed by atoms with Crippen LogP contribution in [0.4, 0.5) is 0 Å². The summed E-state index contributed by atoms with van der Waals surface area (Å²) in [5.41, 5.74) is 0. The number of aliphatic hydroxyl groups is 1. The van der Waals surface area contributed by atoms with E-state index in [9.17, 15) is 9.59 Å². The molecule has 0 aliphatic rings. The third kappa shape index (κ3) is 14.4. The molecule has 0 amide bonds. The van der Waals surface area contributed by atoms with Gasteiger partial charge < -0.3 is 19.7 Å². The van der Waals surface area contributed by atoms with Gasteiger partial charge in [-0.3, -0.25) is 4.79 Å². The largest absolute Gasteiger partial charge is 0.478 e. The number of ether oxygens (including phenoxy) is 2. The molecule has 0 heterocycles. The van der Waals surface area contributed by atoms with Crippen LogP contribution < -0.4 is 0 Å². The van der Waals surface area contributed by atoms with Gasteiger partial charge in [0.1, 0.15) is 12.9 Å². The van der Waals surface area contributed by atoms with E-state index in [0.717, 1.165) is 63.5 Å². The maximum atomic E-state index is 11.9. The molecule has 0 rings (SSSR count). The maximum Gasteiger partial charge on any atom is 0.328 e. The average molecular weight is 344 g/mol. The highest BCUT2D eigenvalue weighted by Gasteiger charge is 2.16. The number of unbranched alkanes of at least 4 members (excludes halogenated alkanes) is 6. The second-order valence-corrected chi connectivity index (χ2v) is 6.04. The third-order valence-corrected chi connectivity index (χ3v) is 3.68. The Morgan fingerprint density at radius 2 is 1.50 bits per heavy atom. The molecule has 2 N–H and O–H groups in total. The maximum absolute atomic E-state index is 11.9. The van der Waals surface area contributed by atoms with E-state index >= 15 is 0 Å². The second kappa shape index (κ2) is 15.3. The van der Waals surface area contributed by atoms with E-state index in [2.05, 4.69) is 0 Å². The molecule has 0 bridgehead atoms. The molecule has 0 fully saturated rings. The van der Waals surface area contributed by atoms with Gasteiger partial charge in [0.2, 0.25) is 0 Å². The van der Waals surface area contributed by atoms with Crippen molar-refractivity contribution in [2.75, 3.05) is 13.9 Å².